The quantitative estimate of drug-likeness (QED) is 0.714. The van der Waals surface area contributed by atoms with E-state index in [0.717, 1.165) is 5.56 Å². The highest BCUT2D eigenvalue weighted by Crippen LogP contribution is 2.23. The highest BCUT2D eigenvalue weighted by molar-refractivity contribution is 7.92. The predicted octanol–water partition coefficient (Wildman–Crippen LogP) is 1.75. The van der Waals surface area contributed by atoms with Crippen molar-refractivity contribution in [3.05, 3.63) is 29.8 Å². The summed E-state index contributed by atoms with van der Waals surface area (Å²) in [6.45, 7) is 2.42. The van der Waals surface area contributed by atoms with E-state index in [2.05, 4.69) is 10.0 Å². The third-order valence-corrected chi connectivity index (χ3v) is 4.24. The first-order chi connectivity index (χ1) is 9.00. The number of methoxy groups -OCH3 is 1. The van der Waals surface area contributed by atoms with E-state index in [-0.39, 0.29) is 11.8 Å². The van der Waals surface area contributed by atoms with Crippen LogP contribution in [0.2, 0.25) is 0 Å². The zero-order valence-electron chi connectivity index (χ0n) is 11.6. The molecule has 0 saturated carbocycles. The maximum Gasteiger partial charge on any atom is 0.232 e. The summed E-state index contributed by atoms with van der Waals surface area (Å²) in [6, 6.07) is 7.48. The van der Waals surface area contributed by atoms with Crippen LogP contribution in [0, 0.1) is 0 Å². The average Bonchev–Trinajstić information content (AvgIpc) is 2.38. The molecule has 1 aromatic rings. The van der Waals surface area contributed by atoms with Crippen LogP contribution in [-0.2, 0) is 14.8 Å². The molecule has 0 heterocycles. The lowest BCUT2D eigenvalue weighted by Crippen LogP contribution is -2.21. The van der Waals surface area contributed by atoms with Crippen molar-refractivity contribution < 1.29 is 13.2 Å². The fourth-order valence-electron chi connectivity index (χ4n) is 1.73. The van der Waals surface area contributed by atoms with Crippen LogP contribution < -0.4 is 10.0 Å². The fourth-order valence-corrected chi connectivity index (χ4v) is 2.86. The molecule has 0 aromatic heterocycles. The summed E-state index contributed by atoms with van der Waals surface area (Å²) in [5.74, 6) is 0.0586. The third-order valence-electron chi connectivity index (χ3n) is 2.89. The summed E-state index contributed by atoms with van der Waals surface area (Å²) in [5.41, 5.74) is 1.56. The van der Waals surface area contributed by atoms with Crippen LogP contribution >= 0.6 is 0 Å². The van der Waals surface area contributed by atoms with Gasteiger partial charge in [0.05, 0.1) is 11.4 Å². The van der Waals surface area contributed by atoms with Gasteiger partial charge in [-0.3, -0.25) is 4.72 Å². The molecule has 0 aliphatic carbocycles. The van der Waals surface area contributed by atoms with Crippen molar-refractivity contribution in [1.29, 1.82) is 0 Å². The first kappa shape index (κ1) is 15.9. The third kappa shape index (κ3) is 5.18. The molecule has 0 saturated heterocycles. The number of anilines is 1. The van der Waals surface area contributed by atoms with E-state index < -0.39 is 10.0 Å². The van der Waals surface area contributed by atoms with E-state index in [1.807, 2.05) is 32.2 Å². The number of para-hydroxylation sites is 1. The second kappa shape index (κ2) is 7.47. The van der Waals surface area contributed by atoms with Crippen LogP contribution in [0.25, 0.3) is 0 Å². The molecule has 1 rings (SSSR count). The standard InChI is InChI=1S/C13H22N2O3S/c1-11(14-2)12-7-4-5-8-13(12)15-19(16,17)10-6-9-18-3/h4-5,7-8,11,14-15H,6,9-10H2,1-3H3. The molecule has 0 aliphatic heterocycles. The normalized spacial score (nSPS) is 13.2. The van der Waals surface area contributed by atoms with E-state index in [1.165, 1.54) is 0 Å². The molecule has 0 spiro atoms. The lowest BCUT2D eigenvalue weighted by Gasteiger charge is -2.17. The minimum atomic E-state index is -3.33. The summed E-state index contributed by atoms with van der Waals surface area (Å²) in [6.07, 6.45) is 0.482. The van der Waals surface area contributed by atoms with Crippen molar-refractivity contribution in [1.82, 2.24) is 5.32 Å². The van der Waals surface area contributed by atoms with Crippen molar-refractivity contribution in [3.8, 4) is 0 Å². The summed E-state index contributed by atoms with van der Waals surface area (Å²) >= 11 is 0. The highest BCUT2D eigenvalue weighted by atomic mass is 32.2. The molecule has 0 fully saturated rings. The Bertz CT molecular complexity index is 488. The molecule has 1 unspecified atom stereocenters. The Morgan fingerprint density at radius 3 is 2.63 bits per heavy atom. The molecule has 0 aliphatic rings. The van der Waals surface area contributed by atoms with Crippen molar-refractivity contribution >= 4 is 15.7 Å². The molecule has 0 amide bonds. The number of hydrogen-bond donors (Lipinski definition) is 2. The van der Waals surface area contributed by atoms with Crippen molar-refractivity contribution in [2.75, 3.05) is 31.2 Å². The second-order valence-electron chi connectivity index (χ2n) is 4.36. The van der Waals surface area contributed by atoms with Crippen molar-refractivity contribution in [2.45, 2.75) is 19.4 Å². The SMILES string of the molecule is CNC(C)c1ccccc1NS(=O)(=O)CCCOC. The number of benzene rings is 1. The number of sulfonamides is 1. The molecule has 2 N–H and O–H groups in total. The predicted molar refractivity (Wildman–Crippen MR) is 77.8 cm³/mol. The van der Waals surface area contributed by atoms with Gasteiger partial charge in [-0.2, -0.15) is 0 Å². The van der Waals surface area contributed by atoms with E-state index in [4.69, 9.17) is 4.74 Å². The van der Waals surface area contributed by atoms with Crippen LogP contribution in [0.5, 0.6) is 0 Å². The molecule has 108 valence electrons. The summed E-state index contributed by atoms with van der Waals surface area (Å²) in [4.78, 5) is 0. The van der Waals surface area contributed by atoms with Crippen LogP contribution in [0.4, 0.5) is 5.69 Å². The summed E-state index contributed by atoms with van der Waals surface area (Å²) in [7, 11) is 0.0724. The van der Waals surface area contributed by atoms with Crippen LogP contribution in [0.1, 0.15) is 24.9 Å². The monoisotopic (exact) mass is 286 g/mol. The van der Waals surface area contributed by atoms with Crippen molar-refractivity contribution in [2.24, 2.45) is 0 Å². The van der Waals surface area contributed by atoms with Gasteiger partial charge in [0.25, 0.3) is 0 Å². The van der Waals surface area contributed by atoms with Gasteiger partial charge in [-0.1, -0.05) is 18.2 Å². The van der Waals surface area contributed by atoms with Crippen LogP contribution in [0.3, 0.4) is 0 Å². The van der Waals surface area contributed by atoms with Crippen molar-refractivity contribution in [3.63, 3.8) is 0 Å². The Morgan fingerprint density at radius 2 is 2.00 bits per heavy atom. The van der Waals surface area contributed by atoms with Crippen LogP contribution in [0.15, 0.2) is 24.3 Å². The van der Waals surface area contributed by atoms with Crippen LogP contribution in [-0.4, -0.2) is 34.9 Å². The molecule has 0 radical (unpaired) electrons. The molecular weight excluding hydrogens is 264 g/mol. The molecule has 0 bridgehead atoms. The molecule has 19 heavy (non-hydrogen) atoms. The topological polar surface area (TPSA) is 67.4 Å². The average molecular weight is 286 g/mol. The van der Waals surface area contributed by atoms with E-state index >= 15 is 0 Å². The Kier molecular flexibility index (Phi) is 6.27. The molecule has 5 nitrogen and oxygen atoms in total. The maximum absolute atomic E-state index is 12.0. The number of ether oxygens (including phenoxy) is 1. The largest absolute Gasteiger partial charge is 0.385 e. The number of rotatable bonds is 8. The van der Waals surface area contributed by atoms with Gasteiger partial charge in [0.2, 0.25) is 10.0 Å². The molecule has 6 heteroatoms. The lowest BCUT2D eigenvalue weighted by molar-refractivity contribution is 0.199. The maximum atomic E-state index is 12.0. The molecular formula is C13H22N2O3S. The van der Waals surface area contributed by atoms with Gasteiger partial charge >= 0.3 is 0 Å². The minimum Gasteiger partial charge on any atom is -0.385 e. The Labute approximate surface area is 115 Å². The van der Waals surface area contributed by atoms with Gasteiger partial charge in [-0.25, -0.2) is 8.42 Å². The van der Waals surface area contributed by atoms with Gasteiger partial charge in [0, 0.05) is 19.8 Å². The second-order valence-corrected chi connectivity index (χ2v) is 6.21. The first-order valence-electron chi connectivity index (χ1n) is 6.26. The lowest BCUT2D eigenvalue weighted by atomic mass is 10.1. The smallest absolute Gasteiger partial charge is 0.232 e. The van der Waals surface area contributed by atoms with Gasteiger partial charge in [0.1, 0.15) is 0 Å². The fraction of sp³-hybridized carbons (Fsp3) is 0.538. The number of nitrogens with one attached hydrogen (secondary N) is 2. The summed E-state index contributed by atoms with van der Waals surface area (Å²) in [5, 5.41) is 3.10. The molecule has 1 atom stereocenters. The highest BCUT2D eigenvalue weighted by Gasteiger charge is 2.14. The Hall–Kier alpha value is -1.11. The van der Waals surface area contributed by atoms with Gasteiger partial charge < -0.3 is 10.1 Å². The first-order valence-corrected chi connectivity index (χ1v) is 7.91. The van der Waals surface area contributed by atoms with E-state index in [0.29, 0.717) is 18.7 Å². The zero-order valence-corrected chi connectivity index (χ0v) is 12.5. The summed E-state index contributed by atoms with van der Waals surface area (Å²) < 4.78 is 31.4. The van der Waals surface area contributed by atoms with Gasteiger partial charge in [0.15, 0.2) is 0 Å². The van der Waals surface area contributed by atoms with Gasteiger partial charge in [-0.05, 0) is 32.0 Å². The Balaban J connectivity index is 2.81. The van der Waals surface area contributed by atoms with Gasteiger partial charge in [-0.15, -0.1) is 0 Å². The minimum absolute atomic E-state index is 0.0586. The molecule has 1 aromatic carbocycles. The van der Waals surface area contributed by atoms with E-state index in [9.17, 15) is 8.42 Å². The number of hydrogen-bond acceptors (Lipinski definition) is 4. The Morgan fingerprint density at radius 1 is 1.32 bits per heavy atom. The zero-order chi connectivity index (χ0) is 14.3. The van der Waals surface area contributed by atoms with E-state index in [1.54, 1.807) is 13.2 Å².